The first-order valence-electron chi connectivity index (χ1n) is 8.93. The van der Waals surface area contributed by atoms with Gasteiger partial charge in [0, 0.05) is 11.2 Å². The Morgan fingerprint density at radius 2 is 1.81 bits per heavy atom. The van der Waals surface area contributed by atoms with Crippen molar-refractivity contribution in [3.8, 4) is 0 Å². The van der Waals surface area contributed by atoms with E-state index in [-0.39, 0.29) is 17.0 Å². The maximum absolute atomic E-state index is 12.8. The molecule has 0 saturated heterocycles. The molecule has 0 unspecified atom stereocenters. The van der Waals surface area contributed by atoms with E-state index in [0.29, 0.717) is 18.5 Å². The number of amides is 3. The van der Waals surface area contributed by atoms with E-state index >= 15 is 0 Å². The lowest BCUT2D eigenvalue weighted by Crippen LogP contribution is -2.48. The second-order valence-corrected chi connectivity index (χ2v) is 8.44. The number of carbonyl (C=O) groups excluding carboxylic acids is 2. The molecular weight excluding hydrogens is 370 g/mol. The van der Waals surface area contributed by atoms with Crippen LogP contribution in [0.25, 0.3) is 0 Å². The van der Waals surface area contributed by atoms with Crippen LogP contribution in [0.3, 0.4) is 0 Å². The number of hydrogen-bond donors (Lipinski definition) is 4. The Bertz CT molecular complexity index is 737. The fourth-order valence-electron chi connectivity index (χ4n) is 3.28. The van der Waals surface area contributed by atoms with Gasteiger partial charge in [-0.25, -0.2) is 4.79 Å². The average molecular weight is 396 g/mol. The Balaban J connectivity index is 2.16. The Labute approximate surface area is 163 Å². The highest BCUT2D eigenvalue weighted by Crippen LogP contribution is 2.33. The van der Waals surface area contributed by atoms with Crippen LogP contribution in [0.2, 0.25) is 5.02 Å². The molecule has 0 atom stereocenters. The molecule has 1 aromatic carbocycles. The summed E-state index contributed by atoms with van der Waals surface area (Å²) in [6.07, 6.45) is 2.86. The van der Waals surface area contributed by atoms with Crippen LogP contribution in [0.5, 0.6) is 0 Å². The number of rotatable bonds is 5. The van der Waals surface area contributed by atoms with Gasteiger partial charge < -0.3 is 21.1 Å². The molecule has 0 spiro atoms. The summed E-state index contributed by atoms with van der Waals surface area (Å²) in [7, 11) is 0. The number of nitrogens with one attached hydrogen (secondary N) is 3. The van der Waals surface area contributed by atoms with E-state index < -0.39 is 29.0 Å². The first-order chi connectivity index (χ1) is 12.5. The van der Waals surface area contributed by atoms with Gasteiger partial charge >= 0.3 is 12.0 Å². The number of aliphatic carboxylic acids is 1. The monoisotopic (exact) mass is 395 g/mol. The van der Waals surface area contributed by atoms with Crippen LogP contribution in [-0.2, 0) is 4.79 Å². The molecule has 0 aromatic heterocycles. The van der Waals surface area contributed by atoms with Crippen molar-refractivity contribution in [2.75, 3.05) is 5.32 Å². The molecule has 0 aliphatic heterocycles. The number of benzene rings is 1. The maximum Gasteiger partial charge on any atom is 0.319 e. The number of anilines is 1. The minimum absolute atomic E-state index is 0.123. The quantitative estimate of drug-likeness (QED) is 0.608. The van der Waals surface area contributed by atoms with Crippen molar-refractivity contribution in [1.29, 1.82) is 0 Å². The zero-order valence-electron chi connectivity index (χ0n) is 15.8. The third-order valence-electron chi connectivity index (χ3n) is 4.39. The minimum atomic E-state index is -0.947. The SMILES string of the molecule is CC(C)(C)NC(=O)Nc1ccc(Cl)c(C(=O)NC2(CC(=O)O)CCCC2)c1. The number of carbonyl (C=O) groups is 3. The smallest absolute Gasteiger partial charge is 0.319 e. The number of carboxylic acid groups (broad SMARTS) is 1. The number of hydrogen-bond acceptors (Lipinski definition) is 3. The van der Waals surface area contributed by atoms with Crippen molar-refractivity contribution in [3.63, 3.8) is 0 Å². The molecule has 8 heteroatoms. The lowest BCUT2D eigenvalue weighted by molar-refractivity contribution is -0.138. The van der Waals surface area contributed by atoms with Gasteiger partial charge in [0.1, 0.15) is 0 Å². The lowest BCUT2D eigenvalue weighted by Gasteiger charge is -2.29. The second-order valence-electron chi connectivity index (χ2n) is 8.04. The molecular formula is C19H26ClN3O4. The van der Waals surface area contributed by atoms with Crippen molar-refractivity contribution in [2.24, 2.45) is 0 Å². The molecule has 2 rings (SSSR count). The summed E-state index contributed by atoms with van der Waals surface area (Å²) < 4.78 is 0. The Kier molecular flexibility index (Phi) is 6.36. The summed E-state index contributed by atoms with van der Waals surface area (Å²) in [6.45, 7) is 5.57. The summed E-state index contributed by atoms with van der Waals surface area (Å²) >= 11 is 6.17. The van der Waals surface area contributed by atoms with E-state index in [0.717, 1.165) is 12.8 Å². The molecule has 7 nitrogen and oxygen atoms in total. The van der Waals surface area contributed by atoms with Crippen LogP contribution >= 0.6 is 11.6 Å². The van der Waals surface area contributed by atoms with Crippen molar-refractivity contribution in [2.45, 2.75) is 64.0 Å². The molecule has 1 saturated carbocycles. The highest BCUT2D eigenvalue weighted by molar-refractivity contribution is 6.34. The van der Waals surface area contributed by atoms with Crippen LogP contribution in [0.15, 0.2) is 18.2 Å². The highest BCUT2D eigenvalue weighted by Gasteiger charge is 2.38. The van der Waals surface area contributed by atoms with Crippen LogP contribution in [-0.4, -0.2) is 34.1 Å². The normalized spacial score (nSPS) is 15.9. The highest BCUT2D eigenvalue weighted by atomic mass is 35.5. The zero-order valence-corrected chi connectivity index (χ0v) is 16.6. The van der Waals surface area contributed by atoms with E-state index in [2.05, 4.69) is 16.0 Å². The molecule has 27 heavy (non-hydrogen) atoms. The van der Waals surface area contributed by atoms with Gasteiger partial charge in [0.2, 0.25) is 0 Å². The van der Waals surface area contributed by atoms with Crippen LogP contribution < -0.4 is 16.0 Å². The molecule has 0 heterocycles. The molecule has 148 valence electrons. The first-order valence-corrected chi connectivity index (χ1v) is 9.31. The van der Waals surface area contributed by atoms with E-state index in [1.165, 1.54) is 12.1 Å². The molecule has 1 aliphatic carbocycles. The van der Waals surface area contributed by atoms with Gasteiger partial charge in [0.05, 0.1) is 22.5 Å². The fraction of sp³-hybridized carbons (Fsp3) is 0.526. The largest absolute Gasteiger partial charge is 0.481 e. The molecule has 1 aromatic rings. The van der Waals surface area contributed by atoms with E-state index in [9.17, 15) is 19.5 Å². The van der Waals surface area contributed by atoms with E-state index in [1.807, 2.05) is 20.8 Å². The van der Waals surface area contributed by atoms with Gasteiger partial charge in [-0.2, -0.15) is 0 Å². The topological polar surface area (TPSA) is 108 Å². The minimum Gasteiger partial charge on any atom is -0.481 e. The predicted molar refractivity (Wildman–Crippen MR) is 104 cm³/mol. The molecule has 1 aliphatic rings. The maximum atomic E-state index is 12.8. The van der Waals surface area contributed by atoms with Crippen molar-refractivity contribution < 1.29 is 19.5 Å². The van der Waals surface area contributed by atoms with Gasteiger partial charge in [-0.3, -0.25) is 9.59 Å². The summed E-state index contributed by atoms with van der Waals surface area (Å²) in [6, 6.07) is 4.23. The van der Waals surface area contributed by atoms with Crippen molar-refractivity contribution in [1.82, 2.24) is 10.6 Å². The van der Waals surface area contributed by atoms with Crippen molar-refractivity contribution >= 4 is 35.2 Å². The molecule has 4 N–H and O–H groups in total. The van der Waals surface area contributed by atoms with Gasteiger partial charge in [0.25, 0.3) is 5.91 Å². The summed E-state index contributed by atoms with van der Waals surface area (Å²) in [5.41, 5.74) is -0.534. The Hall–Kier alpha value is -2.28. The summed E-state index contributed by atoms with van der Waals surface area (Å²) in [5.74, 6) is -1.39. The first kappa shape index (κ1) is 21.0. The van der Waals surface area contributed by atoms with Crippen molar-refractivity contribution in [3.05, 3.63) is 28.8 Å². The number of carboxylic acids is 1. The van der Waals surface area contributed by atoms with Gasteiger partial charge in [-0.05, 0) is 51.8 Å². The molecule has 1 fully saturated rings. The summed E-state index contributed by atoms with van der Waals surface area (Å²) in [4.78, 5) is 36.0. The standard InChI is InChI=1S/C19H26ClN3O4/c1-18(2,3)23-17(27)21-12-6-7-14(20)13(10-12)16(26)22-19(11-15(24)25)8-4-5-9-19/h6-7,10H,4-5,8-9,11H2,1-3H3,(H,22,26)(H,24,25)(H2,21,23,27). The zero-order chi connectivity index (χ0) is 20.2. The molecule has 0 radical (unpaired) electrons. The van der Waals surface area contributed by atoms with Crippen LogP contribution in [0.1, 0.15) is 63.2 Å². The van der Waals surface area contributed by atoms with E-state index in [4.69, 9.17) is 11.6 Å². The van der Waals surface area contributed by atoms with Gasteiger partial charge in [0.15, 0.2) is 0 Å². The van der Waals surface area contributed by atoms with Gasteiger partial charge in [-0.15, -0.1) is 0 Å². The predicted octanol–water partition coefficient (Wildman–Crippen LogP) is 3.78. The Morgan fingerprint density at radius 3 is 2.37 bits per heavy atom. The van der Waals surface area contributed by atoms with Gasteiger partial charge in [-0.1, -0.05) is 24.4 Å². The Morgan fingerprint density at radius 1 is 1.19 bits per heavy atom. The summed E-state index contributed by atoms with van der Waals surface area (Å²) in [5, 5.41) is 17.7. The van der Waals surface area contributed by atoms with Crippen LogP contribution in [0.4, 0.5) is 10.5 Å². The molecule has 0 bridgehead atoms. The number of urea groups is 1. The number of halogens is 1. The van der Waals surface area contributed by atoms with E-state index in [1.54, 1.807) is 6.07 Å². The third-order valence-corrected chi connectivity index (χ3v) is 4.72. The van der Waals surface area contributed by atoms with Crippen LogP contribution in [0, 0.1) is 0 Å². The lowest BCUT2D eigenvalue weighted by atomic mass is 9.92. The third kappa shape index (κ3) is 6.13. The average Bonchev–Trinajstić information content (AvgIpc) is 2.94. The molecule has 3 amide bonds. The second kappa shape index (κ2) is 8.17. The fourth-order valence-corrected chi connectivity index (χ4v) is 3.48.